The molecule has 0 radical (unpaired) electrons. The lowest BCUT2D eigenvalue weighted by atomic mass is 10.3. The van der Waals surface area contributed by atoms with E-state index in [-0.39, 0.29) is 0 Å². The minimum Gasteiger partial charge on any atom is -0.382 e. The van der Waals surface area contributed by atoms with Gasteiger partial charge in [-0.1, -0.05) is 11.6 Å². The van der Waals surface area contributed by atoms with E-state index in [2.05, 4.69) is 15.2 Å². The zero-order valence-corrected chi connectivity index (χ0v) is 8.41. The number of imidazole rings is 1. The van der Waals surface area contributed by atoms with Crippen LogP contribution in [0.4, 0.5) is 5.82 Å². The van der Waals surface area contributed by atoms with Gasteiger partial charge in [-0.25, -0.2) is 4.98 Å². The van der Waals surface area contributed by atoms with Crippen molar-refractivity contribution in [3.63, 3.8) is 0 Å². The molecule has 0 aliphatic carbocycles. The Labute approximate surface area is 85.9 Å². The molecule has 14 heavy (non-hydrogen) atoms. The van der Waals surface area contributed by atoms with Crippen LogP contribution in [0.25, 0.3) is 11.4 Å². The number of nitrogens with two attached hydrogens (primary N) is 1. The molecule has 0 saturated carbocycles. The molecule has 0 saturated heterocycles. The summed E-state index contributed by atoms with van der Waals surface area (Å²) in [7, 11) is 0. The van der Waals surface area contributed by atoms with Crippen molar-refractivity contribution in [2.75, 3.05) is 5.73 Å². The Morgan fingerprint density at radius 2 is 2.43 bits per heavy atom. The molecule has 0 unspecified atom stereocenters. The number of hydrogen-bond acceptors (Lipinski definition) is 3. The van der Waals surface area contributed by atoms with E-state index < -0.39 is 0 Å². The van der Waals surface area contributed by atoms with Crippen molar-refractivity contribution in [1.82, 2.24) is 19.7 Å². The van der Waals surface area contributed by atoms with Crippen LogP contribution in [0.15, 0.2) is 12.4 Å². The van der Waals surface area contributed by atoms with Gasteiger partial charge in [0, 0.05) is 12.6 Å². The van der Waals surface area contributed by atoms with E-state index in [4.69, 9.17) is 17.3 Å². The fourth-order valence-corrected chi connectivity index (χ4v) is 1.58. The van der Waals surface area contributed by atoms with Crippen LogP contribution in [0.5, 0.6) is 0 Å². The third kappa shape index (κ3) is 1.35. The van der Waals surface area contributed by atoms with Crippen LogP contribution < -0.4 is 5.73 Å². The number of anilines is 1. The zero-order chi connectivity index (χ0) is 10.1. The van der Waals surface area contributed by atoms with Crippen LogP contribution in [0.1, 0.15) is 6.92 Å². The van der Waals surface area contributed by atoms with E-state index in [1.54, 1.807) is 12.4 Å². The van der Waals surface area contributed by atoms with Crippen molar-refractivity contribution in [2.45, 2.75) is 13.5 Å². The molecule has 0 atom stereocenters. The lowest BCUT2D eigenvalue weighted by molar-refractivity contribution is 0.766. The summed E-state index contributed by atoms with van der Waals surface area (Å²) in [5, 5.41) is 7.10. The van der Waals surface area contributed by atoms with Crippen LogP contribution in [0.3, 0.4) is 0 Å². The third-order valence-electron chi connectivity index (χ3n) is 1.99. The first-order valence-electron chi connectivity index (χ1n) is 4.24. The third-order valence-corrected chi connectivity index (χ3v) is 2.26. The molecule has 74 valence electrons. The number of aromatic nitrogens is 4. The summed E-state index contributed by atoms with van der Waals surface area (Å²) in [6, 6.07) is 1.73. The van der Waals surface area contributed by atoms with Crippen LogP contribution in [-0.4, -0.2) is 19.7 Å². The van der Waals surface area contributed by atoms with E-state index >= 15 is 0 Å². The van der Waals surface area contributed by atoms with E-state index in [0.29, 0.717) is 11.0 Å². The molecule has 5 nitrogen and oxygen atoms in total. The average Bonchev–Trinajstić information content (AvgIpc) is 2.71. The fraction of sp³-hybridized carbons (Fsp3) is 0.250. The minimum atomic E-state index is 0.444. The summed E-state index contributed by atoms with van der Waals surface area (Å²) in [6.45, 7) is 2.81. The lowest BCUT2D eigenvalue weighted by Crippen LogP contribution is -1.95. The number of halogens is 1. The van der Waals surface area contributed by atoms with Gasteiger partial charge in [-0.15, -0.1) is 0 Å². The maximum Gasteiger partial charge on any atom is 0.156 e. The SMILES string of the molecule is CCn1cnc(Cl)c1-c1cc(N)n[nH]1. The van der Waals surface area contributed by atoms with Gasteiger partial charge >= 0.3 is 0 Å². The van der Waals surface area contributed by atoms with Gasteiger partial charge in [0.1, 0.15) is 11.5 Å². The second-order valence-electron chi connectivity index (χ2n) is 2.88. The number of aryl methyl sites for hydroxylation is 1. The van der Waals surface area contributed by atoms with Gasteiger partial charge in [0.2, 0.25) is 0 Å². The Morgan fingerprint density at radius 1 is 1.64 bits per heavy atom. The highest BCUT2D eigenvalue weighted by atomic mass is 35.5. The molecule has 0 aliphatic rings. The summed E-state index contributed by atoms with van der Waals surface area (Å²) in [4.78, 5) is 4.01. The summed E-state index contributed by atoms with van der Waals surface area (Å²) in [6.07, 6.45) is 1.69. The molecule has 0 fully saturated rings. The first-order valence-corrected chi connectivity index (χ1v) is 4.62. The van der Waals surface area contributed by atoms with Gasteiger partial charge in [-0.2, -0.15) is 5.10 Å². The Bertz CT molecular complexity index is 444. The van der Waals surface area contributed by atoms with Crippen molar-refractivity contribution in [3.8, 4) is 11.4 Å². The Balaban J connectivity index is 2.54. The van der Waals surface area contributed by atoms with Gasteiger partial charge in [0.05, 0.1) is 12.0 Å². The molecule has 0 bridgehead atoms. The summed E-state index contributed by atoms with van der Waals surface area (Å²) in [5.41, 5.74) is 7.11. The second-order valence-corrected chi connectivity index (χ2v) is 3.23. The van der Waals surface area contributed by atoms with Gasteiger partial charge in [0.15, 0.2) is 5.15 Å². The number of aromatic amines is 1. The predicted octanol–water partition coefficient (Wildman–Crippen LogP) is 1.53. The molecular formula is C8H10ClN5. The Hall–Kier alpha value is -1.49. The number of nitrogens with zero attached hydrogens (tertiary/aromatic N) is 3. The smallest absolute Gasteiger partial charge is 0.156 e. The molecule has 2 heterocycles. The molecule has 6 heteroatoms. The number of rotatable bonds is 2. The summed E-state index contributed by atoms with van der Waals surface area (Å²) < 4.78 is 1.93. The Morgan fingerprint density at radius 3 is 3.00 bits per heavy atom. The molecule has 3 N–H and O–H groups in total. The van der Waals surface area contributed by atoms with Crippen molar-refractivity contribution in [2.24, 2.45) is 0 Å². The molecule has 0 aliphatic heterocycles. The van der Waals surface area contributed by atoms with Crippen LogP contribution >= 0.6 is 11.6 Å². The quantitative estimate of drug-likeness (QED) is 0.791. The first-order chi connectivity index (χ1) is 6.72. The van der Waals surface area contributed by atoms with Gasteiger partial charge in [-0.05, 0) is 6.92 Å². The zero-order valence-electron chi connectivity index (χ0n) is 7.66. The largest absolute Gasteiger partial charge is 0.382 e. The molecule has 2 aromatic rings. The molecule has 0 spiro atoms. The average molecular weight is 212 g/mol. The topological polar surface area (TPSA) is 72.5 Å². The highest BCUT2D eigenvalue weighted by Crippen LogP contribution is 2.25. The van der Waals surface area contributed by atoms with Crippen molar-refractivity contribution >= 4 is 17.4 Å². The van der Waals surface area contributed by atoms with E-state index in [1.807, 2.05) is 11.5 Å². The normalized spacial score (nSPS) is 10.7. The summed E-state index contributed by atoms with van der Waals surface area (Å²) >= 11 is 5.95. The van der Waals surface area contributed by atoms with E-state index in [1.165, 1.54) is 0 Å². The molecule has 2 aromatic heterocycles. The first kappa shape index (κ1) is 9.08. The fourth-order valence-electron chi connectivity index (χ4n) is 1.32. The molecular weight excluding hydrogens is 202 g/mol. The summed E-state index contributed by atoms with van der Waals surface area (Å²) in [5.74, 6) is 0.444. The number of H-pyrrole nitrogens is 1. The lowest BCUT2D eigenvalue weighted by Gasteiger charge is -2.01. The van der Waals surface area contributed by atoms with Crippen LogP contribution in [-0.2, 0) is 6.54 Å². The van der Waals surface area contributed by atoms with Gasteiger partial charge in [0.25, 0.3) is 0 Å². The molecule has 0 aromatic carbocycles. The van der Waals surface area contributed by atoms with E-state index in [9.17, 15) is 0 Å². The molecule has 2 rings (SSSR count). The van der Waals surface area contributed by atoms with Crippen molar-refractivity contribution in [1.29, 1.82) is 0 Å². The second kappa shape index (κ2) is 3.34. The minimum absolute atomic E-state index is 0.444. The Kier molecular flexibility index (Phi) is 2.17. The predicted molar refractivity (Wildman–Crippen MR) is 54.9 cm³/mol. The van der Waals surface area contributed by atoms with Crippen molar-refractivity contribution in [3.05, 3.63) is 17.5 Å². The highest BCUT2D eigenvalue weighted by Gasteiger charge is 2.12. The van der Waals surface area contributed by atoms with Crippen LogP contribution in [0.2, 0.25) is 5.15 Å². The van der Waals surface area contributed by atoms with Crippen LogP contribution in [0, 0.1) is 0 Å². The van der Waals surface area contributed by atoms with Gasteiger partial charge in [-0.3, -0.25) is 5.10 Å². The monoisotopic (exact) mass is 211 g/mol. The van der Waals surface area contributed by atoms with E-state index in [0.717, 1.165) is 17.9 Å². The molecule has 0 amide bonds. The van der Waals surface area contributed by atoms with Gasteiger partial charge < -0.3 is 10.3 Å². The van der Waals surface area contributed by atoms with Crippen molar-refractivity contribution < 1.29 is 0 Å². The number of hydrogen-bond donors (Lipinski definition) is 2. The number of nitrogens with one attached hydrogen (secondary N) is 1. The standard InChI is InChI=1S/C8H10ClN5/c1-2-14-4-11-8(9)7(14)5-3-6(10)13-12-5/h3-4H,2H2,1H3,(H3,10,12,13). The highest BCUT2D eigenvalue weighted by molar-refractivity contribution is 6.31. The maximum atomic E-state index is 5.95. The maximum absolute atomic E-state index is 5.95. The number of nitrogen functional groups attached to an aromatic ring is 1.